The van der Waals surface area contributed by atoms with Crippen LogP contribution in [0.25, 0.3) is 11.0 Å². The first-order valence-electron chi connectivity index (χ1n) is 17.1. The second kappa shape index (κ2) is 15.6. The van der Waals surface area contributed by atoms with Crippen molar-refractivity contribution in [3.8, 4) is 5.75 Å². The fourth-order valence-corrected chi connectivity index (χ4v) is 5.91. The third-order valence-corrected chi connectivity index (χ3v) is 10.3. The molecule has 0 saturated carbocycles. The number of nitrogens with one attached hydrogen (secondary N) is 2. The Kier molecular flexibility index (Phi) is 12.2. The molecule has 2 amide bonds. The highest BCUT2D eigenvalue weighted by atomic mass is 79.9. The van der Waals surface area contributed by atoms with E-state index in [1.54, 1.807) is 57.2 Å². The minimum absolute atomic E-state index is 0.0607. The Bertz CT molecular complexity index is 1880. The Labute approximate surface area is 309 Å². The van der Waals surface area contributed by atoms with Crippen LogP contribution in [-0.2, 0) is 25.2 Å². The largest absolute Gasteiger partial charge is 0.493 e. The van der Waals surface area contributed by atoms with E-state index in [1.165, 1.54) is 15.8 Å². The fourth-order valence-electron chi connectivity index (χ4n) is 5.40. The molecule has 4 aromatic rings. The molecule has 1 unspecified atom stereocenters. The topological polar surface area (TPSA) is 115 Å². The maximum atomic E-state index is 13.8. The summed E-state index contributed by atoms with van der Waals surface area (Å²) in [5.41, 5.74) is 3.38. The maximum absolute atomic E-state index is 13.8. The summed E-state index contributed by atoms with van der Waals surface area (Å²) in [6.07, 6.45) is 2.74. The van der Waals surface area contributed by atoms with E-state index in [4.69, 9.17) is 16.3 Å². The van der Waals surface area contributed by atoms with Gasteiger partial charge >= 0.3 is 0 Å². The van der Waals surface area contributed by atoms with Gasteiger partial charge in [-0.3, -0.25) is 14.4 Å². The van der Waals surface area contributed by atoms with Gasteiger partial charge in [0.1, 0.15) is 11.3 Å². The number of carbonyl (C=O) groups is 3. The molecular formula is C39H49BrClN5O4. The molecule has 0 aliphatic heterocycles. The standard InChI is InChI=1S/C39H49BrClN5O4/c1-10-38(6,7)24-14-19-32(27(21-24)39(8,9)11-2)50-20-12-13-33(47)42-26-16-17-28(41)29(23-26)43-36(49)34(35(48)37(3,4)5)46-31-18-15-25(40)22-30(31)44-45-46/h14-19,21-23,34H,10-13,20H2,1-9H3,(H,42,47)(H,43,49). The van der Waals surface area contributed by atoms with Crippen molar-refractivity contribution in [2.45, 2.75) is 105 Å². The minimum atomic E-state index is -1.31. The summed E-state index contributed by atoms with van der Waals surface area (Å²) in [5.74, 6) is -0.331. The van der Waals surface area contributed by atoms with Crippen molar-refractivity contribution in [1.29, 1.82) is 0 Å². The lowest BCUT2D eigenvalue weighted by atomic mass is 9.76. The van der Waals surface area contributed by atoms with Gasteiger partial charge in [-0.25, -0.2) is 4.68 Å². The minimum Gasteiger partial charge on any atom is -0.493 e. The predicted octanol–water partition coefficient (Wildman–Crippen LogP) is 9.82. The first kappa shape index (κ1) is 39.0. The van der Waals surface area contributed by atoms with Crippen LogP contribution in [0.3, 0.4) is 0 Å². The lowest BCUT2D eigenvalue weighted by molar-refractivity contribution is -0.135. The molecule has 0 spiro atoms. The molecule has 1 aromatic heterocycles. The van der Waals surface area contributed by atoms with Gasteiger partial charge in [-0.15, -0.1) is 5.10 Å². The summed E-state index contributed by atoms with van der Waals surface area (Å²) in [4.78, 5) is 40.4. The van der Waals surface area contributed by atoms with Gasteiger partial charge in [0.05, 0.1) is 22.8 Å². The average Bonchev–Trinajstić information content (AvgIpc) is 3.46. The Hall–Kier alpha value is -3.76. The Balaban J connectivity index is 1.43. The molecule has 0 fully saturated rings. The molecule has 50 heavy (non-hydrogen) atoms. The Morgan fingerprint density at radius 1 is 0.900 bits per heavy atom. The van der Waals surface area contributed by atoms with E-state index in [1.807, 2.05) is 0 Å². The van der Waals surface area contributed by atoms with Gasteiger partial charge in [0.2, 0.25) is 5.91 Å². The molecule has 11 heteroatoms. The number of fused-ring (bicyclic) bond motifs is 1. The molecule has 0 aliphatic carbocycles. The normalized spacial score (nSPS) is 12.9. The summed E-state index contributed by atoms with van der Waals surface area (Å²) in [5, 5.41) is 14.3. The monoisotopic (exact) mass is 765 g/mol. The number of halogens is 2. The van der Waals surface area contributed by atoms with E-state index in [2.05, 4.69) is 96.6 Å². The molecule has 0 bridgehead atoms. The number of nitrogens with zero attached hydrogens (tertiary/aromatic N) is 3. The van der Waals surface area contributed by atoms with Crippen LogP contribution in [0.1, 0.15) is 105 Å². The van der Waals surface area contributed by atoms with Crippen LogP contribution in [0.2, 0.25) is 5.02 Å². The number of hydrogen-bond donors (Lipinski definition) is 2. The summed E-state index contributed by atoms with van der Waals surface area (Å²) in [6, 6.07) is 15.3. The smallest absolute Gasteiger partial charge is 0.257 e. The molecule has 2 N–H and O–H groups in total. The third-order valence-electron chi connectivity index (χ3n) is 9.49. The van der Waals surface area contributed by atoms with Gasteiger partial charge in [-0.1, -0.05) is 107 Å². The van der Waals surface area contributed by atoms with Crippen LogP contribution in [0.5, 0.6) is 5.75 Å². The molecule has 268 valence electrons. The quantitative estimate of drug-likeness (QED) is 0.0976. The van der Waals surface area contributed by atoms with Gasteiger partial charge in [0.25, 0.3) is 5.91 Å². The van der Waals surface area contributed by atoms with Crippen molar-refractivity contribution >= 4 is 67.5 Å². The Morgan fingerprint density at radius 3 is 2.26 bits per heavy atom. The van der Waals surface area contributed by atoms with Crippen LogP contribution in [0.4, 0.5) is 11.4 Å². The first-order chi connectivity index (χ1) is 23.4. The van der Waals surface area contributed by atoms with Crippen molar-refractivity contribution in [2.75, 3.05) is 17.2 Å². The van der Waals surface area contributed by atoms with Crippen molar-refractivity contribution in [2.24, 2.45) is 5.41 Å². The van der Waals surface area contributed by atoms with Crippen LogP contribution in [-0.4, -0.2) is 39.2 Å². The zero-order valence-electron chi connectivity index (χ0n) is 30.5. The third kappa shape index (κ3) is 9.12. The van der Waals surface area contributed by atoms with Crippen LogP contribution in [0.15, 0.2) is 59.1 Å². The number of Topliss-reactive ketones (excluding diaryl/α,β-unsaturated/α-hetero) is 1. The highest BCUT2D eigenvalue weighted by molar-refractivity contribution is 9.10. The molecule has 0 radical (unpaired) electrons. The highest BCUT2D eigenvalue weighted by Gasteiger charge is 2.38. The number of ether oxygens (including phenoxy) is 1. The number of aromatic nitrogens is 3. The van der Waals surface area contributed by atoms with Crippen molar-refractivity contribution < 1.29 is 19.1 Å². The molecule has 1 heterocycles. The van der Waals surface area contributed by atoms with E-state index >= 15 is 0 Å². The second-order valence-electron chi connectivity index (χ2n) is 15.1. The van der Waals surface area contributed by atoms with E-state index in [-0.39, 0.29) is 39.7 Å². The number of amides is 2. The van der Waals surface area contributed by atoms with Crippen molar-refractivity contribution in [3.63, 3.8) is 0 Å². The molecular weight excluding hydrogens is 718 g/mol. The molecule has 0 aliphatic rings. The fraction of sp³-hybridized carbons (Fsp3) is 0.462. The van der Waals surface area contributed by atoms with Crippen LogP contribution < -0.4 is 15.4 Å². The highest BCUT2D eigenvalue weighted by Crippen LogP contribution is 2.39. The lowest BCUT2D eigenvalue weighted by Gasteiger charge is -2.30. The summed E-state index contributed by atoms with van der Waals surface area (Å²) < 4.78 is 8.38. The first-order valence-corrected chi connectivity index (χ1v) is 18.3. The van der Waals surface area contributed by atoms with E-state index in [0.29, 0.717) is 29.7 Å². The SMILES string of the molecule is CCC(C)(C)c1ccc(OCCCC(=O)Nc2ccc(Cl)c(NC(=O)C(C(=O)C(C)(C)C)n3nnc4cc(Br)ccc43)c2)c(C(C)(C)CC)c1. The molecule has 9 nitrogen and oxygen atoms in total. The predicted molar refractivity (Wildman–Crippen MR) is 205 cm³/mol. The van der Waals surface area contributed by atoms with E-state index in [9.17, 15) is 14.4 Å². The second-order valence-corrected chi connectivity index (χ2v) is 16.4. The number of anilines is 2. The van der Waals surface area contributed by atoms with Gasteiger partial charge in [-0.05, 0) is 78.1 Å². The molecule has 1 atom stereocenters. The van der Waals surface area contributed by atoms with E-state index < -0.39 is 17.4 Å². The number of ketones is 1. The van der Waals surface area contributed by atoms with Crippen LogP contribution in [0, 0.1) is 5.41 Å². The lowest BCUT2D eigenvalue weighted by Crippen LogP contribution is -2.39. The number of hydrogen-bond acceptors (Lipinski definition) is 6. The van der Waals surface area contributed by atoms with E-state index in [0.717, 1.165) is 23.1 Å². The van der Waals surface area contributed by atoms with Crippen molar-refractivity contribution in [1.82, 2.24) is 15.0 Å². The van der Waals surface area contributed by atoms with Gasteiger partial charge in [-0.2, -0.15) is 0 Å². The Morgan fingerprint density at radius 2 is 1.60 bits per heavy atom. The summed E-state index contributed by atoms with van der Waals surface area (Å²) >= 11 is 9.90. The van der Waals surface area contributed by atoms with Crippen LogP contribution >= 0.6 is 27.5 Å². The molecule has 3 aromatic carbocycles. The number of rotatable bonds is 14. The molecule has 4 rings (SSSR count). The maximum Gasteiger partial charge on any atom is 0.257 e. The van der Waals surface area contributed by atoms with Gasteiger partial charge < -0.3 is 15.4 Å². The number of benzene rings is 3. The zero-order valence-corrected chi connectivity index (χ0v) is 32.9. The molecule has 0 saturated heterocycles. The van der Waals surface area contributed by atoms with Crippen molar-refractivity contribution in [3.05, 3.63) is 75.2 Å². The summed E-state index contributed by atoms with van der Waals surface area (Å²) in [7, 11) is 0. The van der Waals surface area contributed by atoms with Gasteiger partial charge in [0.15, 0.2) is 11.8 Å². The average molecular weight is 767 g/mol. The van der Waals surface area contributed by atoms with Gasteiger partial charge in [0, 0.05) is 27.6 Å². The zero-order chi connectivity index (χ0) is 37.0. The summed E-state index contributed by atoms with van der Waals surface area (Å²) in [6.45, 7) is 19.0. The number of carbonyl (C=O) groups excluding carboxylic acids is 3.